The molecular weight excluding hydrogens is 438 g/mol. The summed E-state index contributed by atoms with van der Waals surface area (Å²) in [5.74, 6) is -0.990. The summed E-state index contributed by atoms with van der Waals surface area (Å²) < 4.78 is 27.4. The summed E-state index contributed by atoms with van der Waals surface area (Å²) in [6, 6.07) is 24.9. The summed E-state index contributed by atoms with van der Waals surface area (Å²) in [6.45, 7) is 1.43. The van der Waals surface area contributed by atoms with Crippen molar-refractivity contribution in [2.24, 2.45) is 0 Å². The van der Waals surface area contributed by atoms with Crippen LogP contribution >= 0.6 is 0 Å². The summed E-state index contributed by atoms with van der Waals surface area (Å²) in [4.78, 5) is 25.2. The van der Waals surface area contributed by atoms with Crippen molar-refractivity contribution in [2.75, 3.05) is 13.1 Å². The zero-order chi connectivity index (χ0) is 23.7. The molecule has 7 nitrogen and oxygen atoms in total. The van der Waals surface area contributed by atoms with E-state index in [1.807, 2.05) is 67.6 Å². The van der Waals surface area contributed by atoms with Gasteiger partial charge in [-0.15, -0.1) is 0 Å². The second-order valence-corrected chi connectivity index (χ2v) is 9.55. The van der Waals surface area contributed by atoms with Gasteiger partial charge in [0, 0.05) is 13.1 Å². The van der Waals surface area contributed by atoms with Gasteiger partial charge in [0.25, 0.3) is 0 Å². The zero-order valence-electron chi connectivity index (χ0n) is 18.4. The van der Waals surface area contributed by atoms with Gasteiger partial charge < -0.3 is 10.6 Å². The maximum Gasteiger partial charge on any atom is 0.244 e. The van der Waals surface area contributed by atoms with Crippen LogP contribution in [0.15, 0.2) is 89.8 Å². The molecule has 0 saturated carbocycles. The monoisotopic (exact) mass is 465 g/mol. The quantitative estimate of drug-likeness (QED) is 0.481. The number of hydrogen-bond acceptors (Lipinski definition) is 4. The highest BCUT2D eigenvalue weighted by atomic mass is 32.2. The maximum atomic E-state index is 13.2. The van der Waals surface area contributed by atoms with Crippen LogP contribution in [0.25, 0.3) is 0 Å². The molecule has 0 spiro atoms. The van der Waals surface area contributed by atoms with Crippen molar-refractivity contribution in [3.8, 4) is 0 Å². The van der Waals surface area contributed by atoms with Crippen molar-refractivity contribution in [2.45, 2.75) is 24.9 Å². The minimum absolute atomic E-state index is 0.0276. The van der Waals surface area contributed by atoms with Crippen LogP contribution in [0.3, 0.4) is 0 Å². The Hall–Kier alpha value is -3.49. The first-order valence-corrected chi connectivity index (χ1v) is 12.0. The molecule has 0 aromatic heterocycles. The van der Waals surface area contributed by atoms with Gasteiger partial charge in [-0.2, -0.15) is 4.31 Å². The summed E-state index contributed by atoms with van der Waals surface area (Å²) in [5, 5.41) is 5.43. The van der Waals surface area contributed by atoms with Crippen LogP contribution in [-0.2, 0) is 32.7 Å². The lowest BCUT2D eigenvalue weighted by atomic mass is 10.2. The Kier molecular flexibility index (Phi) is 8.34. The van der Waals surface area contributed by atoms with E-state index in [0.29, 0.717) is 0 Å². The molecule has 33 heavy (non-hydrogen) atoms. The molecule has 0 aliphatic rings. The Balaban J connectivity index is 1.71. The highest BCUT2D eigenvalue weighted by molar-refractivity contribution is 7.89. The first-order valence-electron chi connectivity index (χ1n) is 10.5. The molecule has 0 aliphatic heterocycles. The summed E-state index contributed by atoms with van der Waals surface area (Å²) in [6.07, 6.45) is 0. The van der Waals surface area contributed by atoms with E-state index in [4.69, 9.17) is 0 Å². The number of carbonyl (C=O) groups excluding carboxylic acids is 2. The van der Waals surface area contributed by atoms with Crippen LogP contribution in [0.5, 0.6) is 0 Å². The molecule has 0 atom stereocenters. The Morgan fingerprint density at radius 1 is 0.697 bits per heavy atom. The maximum absolute atomic E-state index is 13.2. The van der Waals surface area contributed by atoms with E-state index < -0.39 is 34.9 Å². The van der Waals surface area contributed by atoms with Crippen LogP contribution in [-0.4, -0.2) is 37.6 Å². The highest BCUT2D eigenvalue weighted by Crippen LogP contribution is 2.16. The Morgan fingerprint density at radius 2 is 1.12 bits per heavy atom. The van der Waals surface area contributed by atoms with E-state index in [2.05, 4.69) is 10.6 Å². The van der Waals surface area contributed by atoms with Crippen LogP contribution in [0.2, 0.25) is 0 Å². The Bertz CT molecular complexity index is 1110. The van der Waals surface area contributed by atoms with Crippen molar-refractivity contribution in [3.63, 3.8) is 0 Å². The normalized spacial score (nSPS) is 11.2. The topological polar surface area (TPSA) is 95.6 Å². The van der Waals surface area contributed by atoms with E-state index in [1.165, 1.54) is 12.1 Å². The summed E-state index contributed by atoms with van der Waals surface area (Å²) in [5.41, 5.74) is 2.68. The number of aryl methyl sites for hydroxylation is 1. The SMILES string of the molecule is Cc1ccc(S(=O)(=O)N(CC(=O)NCc2ccccc2)CC(=O)NCc2ccccc2)cc1. The van der Waals surface area contributed by atoms with Crippen molar-refractivity contribution in [1.82, 2.24) is 14.9 Å². The van der Waals surface area contributed by atoms with Gasteiger partial charge in [0.2, 0.25) is 21.8 Å². The lowest BCUT2D eigenvalue weighted by molar-refractivity contribution is -0.123. The van der Waals surface area contributed by atoms with E-state index in [9.17, 15) is 18.0 Å². The Morgan fingerprint density at radius 3 is 1.55 bits per heavy atom. The van der Waals surface area contributed by atoms with Gasteiger partial charge in [0.1, 0.15) is 0 Å². The number of nitrogens with zero attached hydrogens (tertiary/aromatic N) is 1. The third kappa shape index (κ3) is 7.27. The van der Waals surface area contributed by atoms with Gasteiger partial charge in [-0.05, 0) is 30.2 Å². The smallest absolute Gasteiger partial charge is 0.244 e. The number of carbonyl (C=O) groups is 2. The lowest BCUT2D eigenvalue weighted by Gasteiger charge is -2.21. The fourth-order valence-electron chi connectivity index (χ4n) is 3.11. The molecular formula is C25H27N3O4S. The molecule has 0 fully saturated rings. The van der Waals surface area contributed by atoms with E-state index in [0.717, 1.165) is 21.0 Å². The van der Waals surface area contributed by atoms with Gasteiger partial charge in [0.15, 0.2) is 0 Å². The fourth-order valence-corrected chi connectivity index (χ4v) is 4.46. The van der Waals surface area contributed by atoms with Crippen LogP contribution in [0, 0.1) is 6.92 Å². The number of sulfonamides is 1. The molecule has 3 aromatic rings. The molecule has 3 aromatic carbocycles. The number of amides is 2. The molecule has 2 amide bonds. The second kappa shape index (κ2) is 11.4. The molecule has 0 bridgehead atoms. The molecule has 0 saturated heterocycles. The molecule has 0 radical (unpaired) electrons. The fraction of sp³-hybridized carbons (Fsp3) is 0.200. The number of hydrogen-bond donors (Lipinski definition) is 2. The predicted octanol–water partition coefficient (Wildman–Crippen LogP) is 2.62. The molecule has 2 N–H and O–H groups in total. The highest BCUT2D eigenvalue weighted by Gasteiger charge is 2.28. The van der Waals surface area contributed by atoms with Gasteiger partial charge in [0.05, 0.1) is 18.0 Å². The predicted molar refractivity (Wildman–Crippen MR) is 127 cm³/mol. The molecule has 0 unspecified atom stereocenters. The third-order valence-electron chi connectivity index (χ3n) is 4.96. The lowest BCUT2D eigenvalue weighted by Crippen LogP contribution is -2.45. The summed E-state index contributed by atoms with van der Waals surface area (Å²) >= 11 is 0. The average Bonchev–Trinajstić information content (AvgIpc) is 2.82. The average molecular weight is 466 g/mol. The van der Waals surface area contributed by atoms with Gasteiger partial charge >= 0.3 is 0 Å². The standard InChI is InChI=1S/C25H27N3O4S/c1-20-12-14-23(15-13-20)33(31,32)28(18-24(29)26-16-21-8-4-2-5-9-21)19-25(30)27-17-22-10-6-3-7-11-22/h2-15H,16-19H2,1H3,(H,26,29)(H,27,30). The van der Waals surface area contributed by atoms with Gasteiger partial charge in [-0.25, -0.2) is 8.42 Å². The van der Waals surface area contributed by atoms with Crippen molar-refractivity contribution >= 4 is 21.8 Å². The van der Waals surface area contributed by atoms with Gasteiger partial charge in [-0.1, -0.05) is 78.4 Å². The van der Waals surface area contributed by atoms with E-state index >= 15 is 0 Å². The van der Waals surface area contributed by atoms with Crippen LogP contribution in [0.4, 0.5) is 0 Å². The number of rotatable bonds is 10. The molecule has 8 heteroatoms. The number of benzene rings is 3. The molecule has 0 heterocycles. The molecule has 0 aliphatic carbocycles. The van der Waals surface area contributed by atoms with Crippen LogP contribution in [0.1, 0.15) is 16.7 Å². The number of nitrogens with one attached hydrogen (secondary N) is 2. The van der Waals surface area contributed by atoms with Crippen molar-refractivity contribution < 1.29 is 18.0 Å². The van der Waals surface area contributed by atoms with Crippen LogP contribution < -0.4 is 10.6 Å². The zero-order valence-corrected chi connectivity index (χ0v) is 19.2. The first kappa shape index (κ1) is 24.2. The second-order valence-electron chi connectivity index (χ2n) is 7.61. The largest absolute Gasteiger partial charge is 0.351 e. The van der Waals surface area contributed by atoms with Crippen molar-refractivity contribution in [1.29, 1.82) is 0 Å². The van der Waals surface area contributed by atoms with E-state index in [-0.39, 0.29) is 18.0 Å². The van der Waals surface area contributed by atoms with E-state index in [1.54, 1.807) is 12.1 Å². The van der Waals surface area contributed by atoms with Crippen molar-refractivity contribution in [3.05, 3.63) is 102 Å². The minimum Gasteiger partial charge on any atom is -0.351 e. The first-order chi connectivity index (χ1) is 15.8. The Labute approximate surface area is 194 Å². The van der Waals surface area contributed by atoms with Gasteiger partial charge in [-0.3, -0.25) is 9.59 Å². The third-order valence-corrected chi connectivity index (χ3v) is 6.77. The summed E-state index contributed by atoms with van der Waals surface area (Å²) in [7, 11) is -4.06. The minimum atomic E-state index is -4.06. The molecule has 172 valence electrons. The molecule has 3 rings (SSSR count).